The van der Waals surface area contributed by atoms with E-state index in [4.69, 9.17) is 11.5 Å². The van der Waals surface area contributed by atoms with Crippen molar-refractivity contribution in [1.29, 1.82) is 0 Å². The van der Waals surface area contributed by atoms with E-state index in [-0.39, 0.29) is 18.5 Å². The van der Waals surface area contributed by atoms with Crippen LogP contribution >= 0.6 is 15.9 Å². The fraction of sp³-hybridized carbons (Fsp3) is 0.444. The van der Waals surface area contributed by atoms with Gasteiger partial charge < -0.3 is 16.4 Å². The fourth-order valence-corrected chi connectivity index (χ4v) is 1.66. The third-order valence-electron chi connectivity index (χ3n) is 1.97. The van der Waals surface area contributed by atoms with Crippen molar-refractivity contribution >= 4 is 33.6 Å². The van der Waals surface area contributed by atoms with Crippen LogP contribution in [0.2, 0.25) is 0 Å². The molecule has 0 spiro atoms. The summed E-state index contributed by atoms with van der Waals surface area (Å²) in [6.07, 6.45) is 1.55. The number of halogens is 1. The molecule has 16 heavy (non-hydrogen) atoms. The van der Waals surface area contributed by atoms with Gasteiger partial charge in [-0.25, -0.2) is 4.98 Å². The topological polar surface area (TPSA) is 98.1 Å². The maximum Gasteiger partial charge on any atom is 0.237 e. The van der Waals surface area contributed by atoms with Crippen molar-refractivity contribution in [3.63, 3.8) is 0 Å². The molecule has 0 saturated carbocycles. The molecule has 88 valence electrons. The van der Waals surface area contributed by atoms with Crippen LogP contribution in [0.3, 0.4) is 0 Å². The van der Waals surface area contributed by atoms with Crippen molar-refractivity contribution < 1.29 is 4.79 Å². The Morgan fingerprint density at radius 3 is 2.75 bits per heavy atom. The summed E-state index contributed by atoms with van der Waals surface area (Å²) in [6.45, 7) is 3.97. The highest BCUT2D eigenvalue weighted by atomic mass is 79.9. The average Bonchev–Trinajstić information content (AvgIpc) is 2.18. The van der Waals surface area contributed by atoms with Gasteiger partial charge in [0, 0.05) is 12.2 Å². The average molecular weight is 288 g/mol. The van der Waals surface area contributed by atoms with Gasteiger partial charge in [-0.15, -0.1) is 0 Å². The lowest BCUT2D eigenvalue weighted by molar-refractivity contribution is -0.116. The minimum atomic E-state index is -0.419. The van der Waals surface area contributed by atoms with Gasteiger partial charge in [-0.2, -0.15) is 4.98 Å². The number of rotatable bonds is 4. The van der Waals surface area contributed by atoms with Crippen LogP contribution in [0.4, 0.5) is 11.8 Å². The van der Waals surface area contributed by atoms with Crippen molar-refractivity contribution in [2.45, 2.75) is 19.9 Å². The second-order valence-electron chi connectivity index (χ2n) is 3.59. The van der Waals surface area contributed by atoms with Crippen molar-refractivity contribution in [2.24, 2.45) is 5.73 Å². The number of nitrogens with zero attached hydrogens (tertiary/aromatic N) is 3. The summed E-state index contributed by atoms with van der Waals surface area (Å²) < 4.78 is 0.677. The van der Waals surface area contributed by atoms with E-state index in [2.05, 4.69) is 25.9 Å². The molecule has 0 bridgehead atoms. The quantitative estimate of drug-likeness (QED) is 0.841. The molecule has 7 heteroatoms. The third-order valence-corrected chi connectivity index (χ3v) is 2.53. The predicted octanol–water partition coefficient (Wildman–Crippen LogP) is 0.521. The molecule has 0 saturated heterocycles. The third kappa shape index (κ3) is 3.06. The number of carbonyl (C=O) groups is 1. The van der Waals surface area contributed by atoms with Gasteiger partial charge in [-0.1, -0.05) is 0 Å². The number of hydrogen-bond donors (Lipinski definition) is 2. The Labute approximate surface area is 102 Å². The Morgan fingerprint density at radius 2 is 2.25 bits per heavy atom. The second-order valence-corrected chi connectivity index (χ2v) is 4.44. The molecule has 0 aliphatic carbocycles. The molecule has 0 aliphatic rings. The van der Waals surface area contributed by atoms with Crippen molar-refractivity contribution in [1.82, 2.24) is 9.97 Å². The Hall–Kier alpha value is -1.37. The molecule has 0 aromatic carbocycles. The Balaban J connectivity index is 3.09. The molecule has 0 unspecified atom stereocenters. The lowest BCUT2D eigenvalue weighted by Gasteiger charge is -2.27. The molecule has 6 nitrogen and oxygen atoms in total. The van der Waals surface area contributed by atoms with Crippen LogP contribution in [0.1, 0.15) is 13.8 Å². The normalized spacial score (nSPS) is 10.5. The predicted molar refractivity (Wildman–Crippen MR) is 65.8 cm³/mol. The second kappa shape index (κ2) is 5.11. The van der Waals surface area contributed by atoms with Gasteiger partial charge in [0.25, 0.3) is 0 Å². The number of amides is 1. The summed E-state index contributed by atoms with van der Waals surface area (Å²) >= 11 is 3.31. The van der Waals surface area contributed by atoms with Gasteiger partial charge in [-0.05, 0) is 29.8 Å². The molecule has 1 amide bonds. The van der Waals surface area contributed by atoms with Crippen molar-refractivity contribution in [2.75, 3.05) is 17.2 Å². The van der Waals surface area contributed by atoms with Gasteiger partial charge in [0.1, 0.15) is 5.82 Å². The van der Waals surface area contributed by atoms with Gasteiger partial charge in [-0.3, -0.25) is 4.79 Å². The van der Waals surface area contributed by atoms with E-state index in [9.17, 15) is 4.79 Å². The number of hydrogen-bond acceptors (Lipinski definition) is 5. The molecule has 0 atom stereocenters. The highest BCUT2D eigenvalue weighted by molar-refractivity contribution is 9.10. The highest BCUT2D eigenvalue weighted by Gasteiger charge is 2.17. The number of carbonyl (C=O) groups excluding carboxylic acids is 1. The number of primary amides is 1. The summed E-state index contributed by atoms with van der Waals surface area (Å²) in [5.41, 5.74) is 10.7. The number of anilines is 2. The van der Waals surface area contributed by atoms with E-state index in [1.807, 2.05) is 13.8 Å². The van der Waals surface area contributed by atoms with E-state index in [1.165, 1.54) is 0 Å². The zero-order valence-corrected chi connectivity index (χ0v) is 10.7. The van der Waals surface area contributed by atoms with E-state index < -0.39 is 5.91 Å². The number of nitrogens with two attached hydrogens (primary N) is 2. The first-order valence-electron chi connectivity index (χ1n) is 4.74. The van der Waals surface area contributed by atoms with E-state index in [1.54, 1.807) is 11.1 Å². The maximum atomic E-state index is 11.0. The van der Waals surface area contributed by atoms with Gasteiger partial charge in [0.15, 0.2) is 0 Å². The number of nitrogen functional groups attached to an aromatic ring is 1. The van der Waals surface area contributed by atoms with E-state index in [0.29, 0.717) is 10.3 Å². The molecular formula is C9H14BrN5O. The van der Waals surface area contributed by atoms with Crippen molar-refractivity contribution in [3.05, 3.63) is 10.7 Å². The summed E-state index contributed by atoms with van der Waals surface area (Å²) in [4.78, 5) is 20.7. The first-order valence-corrected chi connectivity index (χ1v) is 5.54. The van der Waals surface area contributed by atoms with Crippen LogP contribution in [0, 0.1) is 0 Å². The van der Waals surface area contributed by atoms with E-state index >= 15 is 0 Å². The van der Waals surface area contributed by atoms with Gasteiger partial charge in [0.2, 0.25) is 11.9 Å². The van der Waals surface area contributed by atoms with Crippen LogP contribution in [0.15, 0.2) is 10.7 Å². The Bertz CT molecular complexity index is 395. The molecule has 0 fully saturated rings. The van der Waals surface area contributed by atoms with Crippen LogP contribution in [-0.2, 0) is 4.79 Å². The minimum absolute atomic E-state index is 0.0816. The van der Waals surface area contributed by atoms with Gasteiger partial charge >= 0.3 is 0 Å². The highest BCUT2D eigenvalue weighted by Crippen LogP contribution is 2.24. The number of aromatic nitrogens is 2. The zero-order valence-electron chi connectivity index (χ0n) is 9.14. The van der Waals surface area contributed by atoms with Crippen LogP contribution in [0.25, 0.3) is 0 Å². The molecule has 0 radical (unpaired) electrons. The Morgan fingerprint density at radius 1 is 1.62 bits per heavy atom. The van der Waals surface area contributed by atoms with Crippen LogP contribution < -0.4 is 16.4 Å². The first-order chi connectivity index (χ1) is 7.41. The molecule has 1 heterocycles. The zero-order chi connectivity index (χ0) is 12.3. The molecule has 4 N–H and O–H groups in total. The monoisotopic (exact) mass is 287 g/mol. The van der Waals surface area contributed by atoms with Crippen molar-refractivity contribution in [3.8, 4) is 0 Å². The van der Waals surface area contributed by atoms with E-state index in [0.717, 1.165) is 0 Å². The largest absolute Gasteiger partial charge is 0.368 e. The summed E-state index contributed by atoms with van der Waals surface area (Å²) in [7, 11) is 0. The fourth-order valence-electron chi connectivity index (χ4n) is 1.24. The van der Waals surface area contributed by atoms with Crippen LogP contribution in [-0.4, -0.2) is 28.5 Å². The molecule has 1 aromatic heterocycles. The smallest absolute Gasteiger partial charge is 0.237 e. The summed E-state index contributed by atoms with van der Waals surface area (Å²) in [6, 6.07) is 0.0816. The summed E-state index contributed by atoms with van der Waals surface area (Å²) in [5.74, 6) is 0.312. The molecule has 0 aliphatic heterocycles. The minimum Gasteiger partial charge on any atom is -0.368 e. The lowest BCUT2D eigenvalue weighted by atomic mass is 10.3. The molecule has 1 rings (SSSR count). The van der Waals surface area contributed by atoms with Crippen LogP contribution in [0.5, 0.6) is 0 Å². The maximum absolute atomic E-state index is 11.0. The summed E-state index contributed by atoms with van der Waals surface area (Å²) in [5, 5.41) is 0. The molecule has 1 aromatic rings. The first kappa shape index (κ1) is 12.7. The molecular weight excluding hydrogens is 274 g/mol. The SMILES string of the molecule is CC(C)N(CC(N)=O)c1nc(N)ncc1Br. The van der Waals surface area contributed by atoms with Gasteiger partial charge in [0.05, 0.1) is 11.0 Å². The standard InChI is InChI=1S/C9H14BrN5O/c1-5(2)15(4-7(11)16)8-6(10)3-13-9(12)14-8/h3,5H,4H2,1-2H3,(H2,11,16)(H2,12,13,14). The Kier molecular flexibility index (Phi) is 4.05. The lowest BCUT2D eigenvalue weighted by Crippen LogP contribution is -2.39.